The second kappa shape index (κ2) is 6.94. The normalized spacial score (nSPS) is 23.4. The summed E-state index contributed by atoms with van der Waals surface area (Å²) in [6.07, 6.45) is 2.91. The van der Waals surface area contributed by atoms with E-state index in [9.17, 15) is 4.79 Å². The van der Waals surface area contributed by atoms with Gasteiger partial charge in [-0.2, -0.15) is 0 Å². The number of carbonyl (C=O) groups excluding carboxylic acids is 1. The molecule has 0 aromatic heterocycles. The first-order valence-corrected chi connectivity index (χ1v) is 7.77. The molecule has 1 aliphatic heterocycles. The standard InChI is InChI=1S/C17H26N2O2/c1-4-17(10-5-11-18-12-17)16(20)19-13(2)14-6-8-15(21-3)9-7-14/h6-9,13,18H,4-5,10-12H2,1-3H3,(H,19,20)/t13-,17?/m1/s1. The van der Waals surface area contributed by atoms with Crippen LogP contribution in [0.25, 0.3) is 0 Å². The molecule has 1 aromatic carbocycles. The van der Waals surface area contributed by atoms with Crippen LogP contribution in [-0.4, -0.2) is 26.1 Å². The molecule has 0 bridgehead atoms. The van der Waals surface area contributed by atoms with Crippen LogP contribution >= 0.6 is 0 Å². The van der Waals surface area contributed by atoms with Crippen molar-refractivity contribution in [2.75, 3.05) is 20.2 Å². The van der Waals surface area contributed by atoms with Crippen molar-refractivity contribution in [3.05, 3.63) is 29.8 Å². The lowest BCUT2D eigenvalue weighted by molar-refractivity contribution is -0.133. The van der Waals surface area contributed by atoms with E-state index in [-0.39, 0.29) is 17.4 Å². The van der Waals surface area contributed by atoms with Crippen molar-refractivity contribution in [3.63, 3.8) is 0 Å². The zero-order chi connectivity index (χ0) is 15.3. The van der Waals surface area contributed by atoms with Crippen LogP contribution in [0.5, 0.6) is 5.75 Å². The quantitative estimate of drug-likeness (QED) is 0.876. The SMILES string of the molecule is CCC1(C(=O)N[C@H](C)c2ccc(OC)cc2)CCCNC1. The van der Waals surface area contributed by atoms with E-state index in [0.29, 0.717) is 0 Å². The Hall–Kier alpha value is -1.55. The minimum absolute atomic E-state index is 0.00811. The van der Waals surface area contributed by atoms with Gasteiger partial charge in [0.1, 0.15) is 5.75 Å². The van der Waals surface area contributed by atoms with E-state index in [1.165, 1.54) is 0 Å². The first-order chi connectivity index (χ1) is 10.1. The van der Waals surface area contributed by atoms with Crippen LogP contribution in [0, 0.1) is 5.41 Å². The molecule has 0 saturated carbocycles. The molecule has 0 radical (unpaired) electrons. The zero-order valence-electron chi connectivity index (χ0n) is 13.2. The maximum Gasteiger partial charge on any atom is 0.227 e. The molecular formula is C17H26N2O2. The second-order valence-electron chi connectivity index (χ2n) is 5.88. The molecule has 0 spiro atoms. The Morgan fingerprint density at radius 1 is 1.43 bits per heavy atom. The summed E-state index contributed by atoms with van der Waals surface area (Å²) in [6.45, 7) is 5.93. The Bertz CT molecular complexity index is 464. The number of hydrogen-bond donors (Lipinski definition) is 2. The fourth-order valence-corrected chi connectivity index (χ4v) is 2.95. The molecule has 0 aliphatic carbocycles. The molecule has 2 N–H and O–H groups in total. The Kier molecular flexibility index (Phi) is 5.23. The number of amides is 1. The number of methoxy groups -OCH3 is 1. The number of rotatable bonds is 5. The molecule has 2 atom stereocenters. The van der Waals surface area contributed by atoms with Crippen molar-refractivity contribution in [3.8, 4) is 5.75 Å². The maximum absolute atomic E-state index is 12.7. The smallest absolute Gasteiger partial charge is 0.227 e. The van der Waals surface area contributed by atoms with Crippen molar-refractivity contribution in [2.24, 2.45) is 5.41 Å². The highest BCUT2D eigenvalue weighted by molar-refractivity contribution is 5.83. The number of nitrogens with one attached hydrogen (secondary N) is 2. The minimum Gasteiger partial charge on any atom is -0.497 e. The summed E-state index contributed by atoms with van der Waals surface area (Å²) in [5.41, 5.74) is 0.845. The van der Waals surface area contributed by atoms with E-state index in [4.69, 9.17) is 4.74 Å². The summed E-state index contributed by atoms with van der Waals surface area (Å²) in [5, 5.41) is 6.53. The Labute approximate surface area is 127 Å². The molecule has 4 nitrogen and oxygen atoms in total. The second-order valence-corrected chi connectivity index (χ2v) is 5.88. The van der Waals surface area contributed by atoms with Gasteiger partial charge < -0.3 is 15.4 Å². The number of benzene rings is 1. The van der Waals surface area contributed by atoms with Gasteiger partial charge >= 0.3 is 0 Å². The fourth-order valence-electron chi connectivity index (χ4n) is 2.95. The predicted molar refractivity (Wildman–Crippen MR) is 84.4 cm³/mol. The Morgan fingerprint density at radius 3 is 2.67 bits per heavy atom. The van der Waals surface area contributed by atoms with Gasteiger partial charge in [0.15, 0.2) is 0 Å². The minimum atomic E-state index is -0.251. The molecule has 1 aliphatic rings. The molecule has 1 heterocycles. The van der Waals surface area contributed by atoms with Gasteiger partial charge in [0.25, 0.3) is 0 Å². The van der Waals surface area contributed by atoms with Gasteiger partial charge in [0.05, 0.1) is 18.6 Å². The highest BCUT2D eigenvalue weighted by Gasteiger charge is 2.38. The monoisotopic (exact) mass is 290 g/mol. The van der Waals surface area contributed by atoms with Crippen LogP contribution in [-0.2, 0) is 4.79 Å². The van der Waals surface area contributed by atoms with Crippen LogP contribution in [0.4, 0.5) is 0 Å². The molecule has 1 aromatic rings. The van der Waals surface area contributed by atoms with Crippen LogP contribution < -0.4 is 15.4 Å². The summed E-state index contributed by atoms with van der Waals surface area (Å²) in [7, 11) is 1.65. The van der Waals surface area contributed by atoms with Crippen molar-refractivity contribution in [1.82, 2.24) is 10.6 Å². The third-order valence-corrected chi connectivity index (χ3v) is 4.59. The lowest BCUT2D eigenvalue weighted by atomic mass is 9.77. The van der Waals surface area contributed by atoms with E-state index >= 15 is 0 Å². The first-order valence-electron chi connectivity index (χ1n) is 7.77. The van der Waals surface area contributed by atoms with Crippen LogP contribution in [0.15, 0.2) is 24.3 Å². The van der Waals surface area contributed by atoms with Gasteiger partial charge in [-0.1, -0.05) is 19.1 Å². The highest BCUT2D eigenvalue weighted by atomic mass is 16.5. The van der Waals surface area contributed by atoms with E-state index in [2.05, 4.69) is 17.6 Å². The van der Waals surface area contributed by atoms with E-state index in [0.717, 1.165) is 43.7 Å². The third kappa shape index (κ3) is 3.56. The molecule has 116 valence electrons. The molecule has 1 saturated heterocycles. The van der Waals surface area contributed by atoms with E-state index < -0.39 is 0 Å². The van der Waals surface area contributed by atoms with Gasteiger partial charge in [0, 0.05) is 6.54 Å². The number of carbonyl (C=O) groups is 1. The lowest BCUT2D eigenvalue weighted by Gasteiger charge is -2.36. The average molecular weight is 290 g/mol. The van der Waals surface area contributed by atoms with Crippen LogP contribution in [0.2, 0.25) is 0 Å². The largest absolute Gasteiger partial charge is 0.497 e. The number of piperidine rings is 1. The zero-order valence-corrected chi connectivity index (χ0v) is 13.2. The van der Waals surface area contributed by atoms with Crippen LogP contribution in [0.1, 0.15) is 44.7 Å². The molecule has 1 unspecified atom stereocenters. The fraction of sp³-hybridized carbons (Fsp3) is 0.588. The summed E-state index contributed by atoms with van der Waals surface area (Å²) >= 11 is 0. The number of ether oxygens (including phenoxy) is 1. The molecule has 4 heteroatoms. The van der Waals surface area contributed by atoms with Crippen molar-refractivity contribution >= 4 is 5.91 Å². The summed E-state index contributed by atoms with van der Waals surface area (Å²) in [5.74, 6) is 0.999. The van der Waals surface area contributed by atoms with E-state index in [1.807, 2.05) is 31.2 Å². The summed E-state index contributed by atoms with van der Waals surface area (Å²) < 4.78 is 5.16. The molecule has 1 amide bonds. The third-order valence-electron chi connectivity index (χ3n) is 4.59. The molecule has 1 fully saturated rings. The van der Waals surface area contributed by atoms with Crippen molar-refractivity contribution < 1.29 is 9.53 Å². The lowest BCUT2D eigenvalue weighted by Crippen LogP contribution is -2.50. The van der Waals surface area contributed by atoms with E-state index in [1.54, 1.807) is 7.11 Å². The molecular weight excluding hydrogens is 264 g/mol. The topological polar surface area (TPSA) is 50.4 Å². The Morgan fingerprint density at radius 2 is 2.14 bits per heavy atom. The van der Waals surface area contributed by atoms with Crippen molar-refractivity contribution in [2.45, 2.75) is 39.2 Å². The van der Waals surface area contributed by atoms with Gasteiger partial charge in [-0.15, -0.1) is 0 Å². The van der Waals surface area contributed by atoms with Crippen molar-refractivity contribution in [1.29, 1.82) is 0 Å². The first kappa shape index (κ1) is 15.8. The van der Waals surface area contributed by atoms with Crippen LogP contribution in [0.3, 0.4) is 0 Å². The van der Waals surface area contributed by atoms with Gasteiger partial charge in [-0.3, -0.25) is 4.79 Å². The molecule has 21 heavy (non-hydrogen) atoms. The van der Waals surface area contributed by atoms with Gasteiger partial charge in [-0.05, 0) is 50.4 Å². The predicted octanol–water partition coefficient (Wildman–Crippen LogP) is 2.65. The number of hydrogen-bond acceptors (Lipinski definition) is 3. The Balaban J connectivity index is 2.03. The maximum atomic E-state index is 12.7. The average Bonchev–Trinajstić information content (AvgIpc) is 2.55. The van der Waals surface area contributed by atoms with Gasteiger partial charge in [-0.25, -0.2) is 0 Å². The highest BCUT2D eigenvalue weighted by Crippen LogP contribution is 2.31. The summed E-state index contributed by atoms with van der Waals surface area (Å²) in [4.78, 5) is 12.7. The molecule has 2 rings (SSSR count). The van der Waals surface area contributed by atoms with Gasteiger partial charge in [0.2, 0.25) is 5.91 Å². The summed E-state index contributed by atoms with van der Waals surface area (Å²) in [6, 6.07) is 7.86.